The number of likely N-dealkylation sites (N-methyl/N-ethyl adjacent to an activating group) is 1. The molecule has 2 aromatic carbocycles. The maximum atomic E-state index is 13.6. The summed E-state index contributed by atoms with van der Waals surface area (Å²) >= 11 is 0. The predicted octanol–water partition coefficient (Wildman–Crippen LogP) is 4.70. The Labute approximate surface area is 223 Å². The summed E-state index contributed by atoms with van der Waals surface area (Å²) < 4.78 is 40.2. The molecule has 3 unspecified atom stereocenters. The van der Waals surface area contributed by atoms with E-state index >= 15 is 0 Å². The maximum Gasteiger partial charge on any atom is 0.416 e. The number of hydrogen-bond acceptors (Lipinski definition) is 5. The number of carbonyl (C=O) groups is 3. The van der Waals surface area contributed by atoms with Gasteiger partial charge in [-0.25, -0.2) is 4.79 Å². The van der Waals surface area contributed by atoms with Gasteiger partial charge in [0.1, 0.15) is 0 Å². The minimum Gasteiger partial charge on any atom is -0.393 e. The number of halogens is 3. The van der Waals surface area contributed by atoms with E-state index in [9.17, 15) is 37.9 Å². The lowest BCUT2D eigenvalue weighted by Crippen LogP contribution is -2.49. The molecule has 2 N–H and O–H groups in total. The Kier molecular flexibility index (Phi) is 7.52. The lowest BCUT2D eigenvalue weighted by atomic mass is 9.87. The summed E-state index contributed by atoms with van der Waals surface area (Å²) in [6.07, 6.45) is -3.67. The van der Waals surface area contributed by atoms with Gasteiger partial charge in [-0.2, -0.15) is 18.4 Å². The van der Waals surface area contributed by atoms with Crippen LogP contribution in [0.15, 0.2) is 53.7 Å². The van der Waals surface area contributed by atoms with Crippen LogP contribution in [-0.2, 0) is 11.0 Å². The molecule has 1 fully saturated rings. The Hall–Kier alpha value is -4.17. The number of amides is 3. The molecule has 0 spiro atoms. The third-order valence-corrected chi connectivity index (χ3v) is 7.15. The largest absolute Gasteiger partial charge is 0.416 e. The Morgan fingerprint density at radius 2 is 1.87 bits per heavy atom. The van der Waals surface area contributed by atoms with Crippen LogP contribution >= 0.6 is 0 Å². The molecule has 204 valence electrons. The molecule has 1 heterocycles. The van der Waals surface area contributed by atoms with Crippen LogP contribution in [0.4, 0.5) is 23.7 Å². The van der Waals surface area contributed by atoms with Crippen LogP contribution in [0, 0.1) is 11.3 Å². The molecule has 0 saturated heterocycles. The van der Waals surface area contributed by atoms with Crippen molar-refractivity contribution in [3.63, 3.8) is 0 Å². The van der Waals surface area contributed by atoms with Crippen LogP contribution in [0.5, 0.6) is 0 Å². The number of aliphatic hydroxyl groups is 1. The zero-order valence-electron chi connectivity index (χ0n) is 21.5. The molecule has 1 aliphatic heterocycles. The number of alkyl halides is 3. The van der Waals surface area contributed by atoms with Gasteiger partial charge in [-0.3, -0.25) is 14.5 Å². The summed E-state index contributed by atoms with van der Waals surface area (Å²) in [6.45, 7) is 2.75. The zero-order chi connectivity index (χ0) is 28.6. The minimum atomic E-state index is -4.63. The van der Waals surface area contributed by atoms with Crippen LogP contribution in [0.25, 0.3) is 0 Å². The maximum absolute atomic E-state index is 13.6. The fourth-order valence-electron chi connectivity index (χ4n) is 5.27. The number of hydrogen-bond donors (Lipinski definition) is 2. The summed E-state index contributed by atoms with van der Waals surface area (Å²) in [5.41, 5.74) is -0.204. The third kappa shape index (κ3) is 5.38. The Balaban J connectivity index is 1.84. The quantitative estimate of drug-likeness (QED) is 0.571. The van der Waals surface area contributed by atoms with E-state index < -0.39 is 41.6 Å². The Morgan fingerprint density at radius 1 is 1.15 bits per heavy atom. The van der Waals surface area contributed by atoms with Crippen molar-refractivity contribution in [1.82, 2.24) is 10.2 Å². The molecule has 0 bridgehead atoms. The number of urea groups is 1. The average molecular weight is 541 g/mol. The van der Waals surface area contributed by atoms with E-state index in [0.717, 1.165) is 17.0 Å². The van der Waals surface area contributed by atoms with Crippen LogP contribution < -0.4 is 10.2 Å². The van der Waals surface area contributed by atoms with Crippen LogP contribution in [-0.4, -0.2) is 46.9 Å². The lowest BCUT2D eigenvalue weighted by Gasteiger charge is -2.41. The van der Waals surface area contributed by atoms with Crippen molar-refractivity contribution in [2.45, 2.75) is 57.5 Å². The zero-order valence-corrected chi connectivity index (χ0v) is 21.5. The molecule has 0 aromatic heterocycles. The van der Waals surface area contributed by atoms with Crippen molar-refractivity contribution >= 4 is 23.4 Å². The molecule has 3 atom stereocenters. The number of nitrogens with zero attached hydrogens (tertiary/aromatic N) is 3. The van der Waals surface area contributed by atoms with Gasteiger partial charge in [-0.1, -0.05) is 12.1 Å². The SMILES string of the molecule is CC(=O)C1=C(C)N(c2cccc(C(F)(F)F)c2)C(=O)N(C)C1c1ccc(C#N)cc1C(=O)NC1CCC(O)C1. The van der Waals surface area contributed by atoms with E-state index in [-0.39, 0.29) is 39.7 Å². The fourth-order valence-corrected chi connectivity index (χ4v) is 5.27. The number of anilines is 1. The number of aliphatic hydroxyl groups excluding tert-OH is 1. The molecule has 3 amide bonds. The van der Waals surface area contributed by atoms with Gasteiger partial charge in [0.25, 0.3) is 5.91 Å². The first-order valence-electron chi connectivity index (χ1n) is 12.3. The number of Topliss-reactive ketones (excluding diaryl/α,β-unsaturated/α-hetero) is 1. The molecule has 1 saturated carbocycles. The number of nitrogens with one attached hydrogen (secondary N) is 1. The molecule has 1 aliphatic carbocycles. The number of ketones is 1. The van der Waals surface area contributed by atoms with Crippen molar-refractivity contribution in [2.75, 3.05) is 11.9 Å². The summed E-state index contributed by atoms with van der Waals surface area (Å²) in [5.74, 6) is -0.966. The smallest absolute Gasteiger partial charge is 0.393 e. The van der Waals surface area contributed by atoms with Gasteiger partial charge in [-0.15, -0.1) is 0 Å². The monoisotopic (exact) mass is 540 g/mol. The molecule has 8 nitrogen and oxygen atoms in total. The molecule has 0 radical (unpaired) electrons. The van der Waals surface area contributed by atoms with Crippen LogP contribution in [0.2, 0.25) is 0 Å². The highest BCUT2D eigenvalue weighted by Gasteiger charge is 2.41. The highest BCUT2D eigenvalue weighted by Crippen LogP contribution is 2.41. The highest BCUT2D eigenvalue weighted by molar-refractivity contribution is 6.06. The van der Waals surface area contributed by atoms with Gasteiger partial charge in [0.15, 0.2) is 5.78 Å². The van der Waals surface area contributed by atoms with E-state index in [1.165, 1.54) is 56.1 Å². The second kappa shape index (κ2) is 10.5. The van der Waals surface area contributed by atoms with Crippen LogP contribution in [0.3, 0.4) is 0 Å². The number of allylic oxidation sites excluding steroid dienone is 1. The summed E-state index contributed by atoms with van der Waals surface area (Å²) in [6, 6.07) is 8.56. The second-order valence-corrected chi connectivity index (χ2v) is 9.79. The van der Waals surface area contributed by atoms with Crippen molar-refractivity contribution < 1.29 is 32.7 Å². The molecule has 39 heavy (non-hydrogen) atoms. The molecule has 4 rings (SSSR count). The topological polar surface area (TPSA) is 114 Å². The van der Waals surface area contributed by atoms with Gasteiger partial charge in [0.2, 0.25) is 0 Å². The molecular weight excluding hydrogens is 513 g/mol. The summed E-state index contributed by atoms with van der Waals surface area (Å²) in [7, 11) is 1.40. The number of nitriles is 1. The van der Waals surface area contributed by atoms with E-state index in [2.05, 4.69) is 5.32 Å². The summed E-state index contributed by atoms with van der Waals surface area (Å²) in [4.78, 5) is 42.2. The van der Waals surface area contributed by atoms with Gasteiger partial charge in [0.05, 0.1) is 35.0 Å². The highest BCUT2D eigenvalue weighted by atomic mass is 19.4. The van der Waals surface area contributed by atoms with Gasteiger partial charge in [0, 0.05) is 29.9 Å². The van der Waals surface area contributed by atoms with E-state index in [1.54, 1.807) is 0 Å². The van der Waals surface area contributed by atoms with E-state index in [4.69, 9.17) is 0 Å². The Morgan fingerprint density at radius 3 is 2.46 bits per heavy atom. The number of benzene rings is 2. The second-order valence-electron chi connectivity index (χ2n) is 9.79. The molecular formula is C28H27F3N4O4. The lowest BCUT2D eigenvalue weighted by molar-refractivity contribution is -0.137. The molecule has 2 aromatic rings. The first-order chi connectivity index (χ1) is 18.3. The van der Waals surface area contributed by atoms with Crippen LogP contribution in [0.1, 0.15) is 66.2 Å². The van der Waals surface area contributed by atoms with Gasteiger partial charge in [-0.05, 0) is 69.0 Å². The number of rotatable bonds is 5. The van der Waals surface area contributed by atoms with Gasteiger partial charge < -0.3 is 15.3 Å². The first-order valence-corrected chi connectivity index (χ1v) is 12.3. The van der Waals surface area contributed by atoms with E-state index in [1.807, 2.05) is 6.07 Å². The minimum absolute atomic E-state index is 0.0611. The summed E-state index contributed by atoms with van der Waals surface area (Å²) in [5, 5.41) is 22.2. The van der Waals surface area contributed by atoms with Crippen molar-refractivity contribution in [1.29, 1.82) is 5.26 Å². The predicted molar refractivity (Wildman–Crippen MR) is 135 cm³/mol. The number of carbonyl (C=O) groups excluding carboxylic acids is 3. The van der Waals surface area contributed by atoms with Crippen molar-refractivity contribution in [2.24, 2.45) is 0 Å². The van der Waals surface area contributed by atoms with Crippen molar-refractivity contribution in [3.05, 3.63) is 76.0 Å². The van der Waals surface area contributed by atoms with Crippen molar-refractivity contribution in [3.8, 4) is 6.07 Å². The van der Waals surface area contributed by atoms with Gasteiger partial charge >= 0.3 is 12.2 Å². The average Bonchev–Trinajstić information content (AvgIpc) is 3.29. The normalized spacial score (nSPS) is 21.7. The Bertz CT molecular complexity index is 1410. The third-order valence-electron chi connectivity index (χ3n) is 7.15. The molecule has 2 aliphatic rings. The van der Waals surface area contributed by atoms with E-state index in [0.29, 0.717) is 19.3 Å². The first kappa shape index (κ1) is 27.9. The standard InChI is InChI=1S/C28H27F3N4O4/c1-15-24(16(2)36)25(34(3)27(39)35(15)20-6-4-5-18(12-20)28(29,30)31)22-10-7-17(14-32)11-23(22)26(38)33-19-8-9-21(37)13-19/h4-7,10-12,19,21,25,37H,8-9,13H2,1-3H3,(H,33,38). The molecule has 11 heteroatoms. The fraction of sp³-hybridized carbons (Fsp3) is 0.357.